The molecule has 2 aromatic heterocycles. The lowest BCUT2D eigenvalue weighted by Gasteiger charge is -2.41. The lowest BCUT2D eigenvalue weighted by atomic mass is 9.73. The molecule has 7 rings (SSSR count). The Morgan fingerprint density at radius 3 is 2.53 bits per heavy atom. The summed E-state index contributed by atoms with van der Waals surface area (Å²) in [5, 5.41) is 18.2. The van der Waals surface area contributed by atoms with Gasteiger partial charge in [0.2, 0.25) is 0 Å². The summed E-state index contributed by atoms with van der Waals surface area (Å²) in [7, 11) is 0. The second kappa shape index (κ2) is 9.42. The zero-order valence-electron chi connectivity index (χ0n) is 20.5. The zero-order valence-corrected chi connectivity index (χ0v) is 22.9. The number of nitrogens with zero attached hydrogens (tertiary/aromatic N) is 2. The summed E-state index contributed by atoms with van der Waals surface area (Å²) in [4.78, 5) is 16.0. The average Bonchev–Trinajstić information content (AvgIpc) is 3.50. The van der Waals surface area contributed by atoms with E-state index in [0.29, 0.717) is 39.4 Å². The Morgan fingerprint density at radius 2 is 1.84 bits per heavy atom. The first kappa shape index (κ1) is 24.7. The van der Waals surface area contributed by atoms with Crippen LogP contribution < -0.4 is 0 Å². The lowest BCUT2D eigenvalue weighted by molar-refractivity contribution is -0.116. The van der Waals surface area contributed by atoms with Gasteiger partial charge in [-0.1, -0.05) is 34.4 Å². The van der Waals surface area contributed by atoms with Gasteiger partial charge in [0.15, 0.2) is 0 Å². The minimum absolute atomic E-state index is 0.0142. The maximum absolute atomic E-state index is 12.0. The van der Waals surface area contributed by atoms with E-state index in [4.69, 9.17) is 37.4 Å². The topological polar surface area (TPSA) is 85.5 Å². The van der Waals surface area contributed by atoms with E-state index in [9.17, 15) is 9.90 Å². The SMILES string of the molecule is O=Cc1ccc2nc(C3(O)[C@@H]4CC[C@H]3CC(OCc3c(-c5c(Cl)cccc5Cl)noc3C3CC3)C4)sc2c1. The molecule has 3 aliphatic carbocycles. The van der Waals surface area contributed by atoms with Crippen LogP contribution in [0.2, 0.25) is 10.0 Å². The second-order valence-corrected chi connectivity index (χ2v) is 12.7. The fourth-order valence-electron chi connectivity index (χ4n) is 6.42. The van der Waals surface area contributed by atoms with Gasteiger partial charge < -0.3 is 14.4 Å². The van der Waals surface area contributed by atoms with Gasteiger partial charge in [-0.2, -0.15) is 0 Å². The predicted octanol–water partition coefficient (Wildman–Crippen LogP) is 7.54. The molecular formula is C29H26Cl2N2O4S. The third kappa shape index (κ3) is 4.02. The first-order valence-electron chi connectivity index (χ1n) is 13.1. The Kier molecular flexibility index (Phi) is 6.13. The van der Waals surface area contributed by atoms with Gasteiger partial charge >= 0.3 is 0 Å². The number of carbonyl (C=O) groups excluding carboxylic acids is 1. The Labute approximate surface area is 233 Å². The van der Waals surface area contributed by atoms with Crippen LogP contribution in [-0.4, -0.2) is 27.6 Å². The standard InChI is InChI=1S/C29H26Cl2N2O4S/c30-21-2-1-3-22(31)25(21)26-20(27(37-33-26)16-5-6-16)14-36-19-11-17-7-8-18(12-19)29(17,35)28-32-23-9-4-15(13-34)10-24(23)38-28/h1-4,9-10,13,16-19,35H,5-8,11-12,14H2/t17-,18+,19?,29?. The minimum Gasteiger partial charge on any atom is -0.382 e. The first-order chi connectivity index (χ1) is 18.5. The summed E-state index contributed by atoms with van der Waals surface area (Å²) >= 11 is 14.5. The van der Waals surface area contributed by atoms with Crippen LogP contribution >= 0.6 is 34.5 Å². The summed E-state index contributed by atoms with van der Waals surface area (Å²) < 4.78 is 13.3. The van der Waals surface area contributed by atoms with E-state index in [1.807, 2.05) is 18.2 Å². The molecule has 38 heavy (non-hydrogen) atoms. The zero-order chi connectivity index (χ0) is 26.0. The molecule has 3 saturated carbocycles. The number of aliphatic hydroxyl groups is 1. The van der Waals surface area contributed by atoms with E-state index < -0.39 is 5.60 Å². The lowest BCUT2D eigenvalue weighted by Crippen LogP contribution is -2.44. The number of hydrogen-bond acceptors (Lipinski definition) is 7. The Morgan fingerprint density at radius 1 is 1.11 bits per heavy atom. The van der Waals surface area contributed by atoms with Gasteiger partial charge in [-0.25, -0.2) is 4.98 Å². The molecule has 0 radical (unpaired) electrons. The van der Waals surface area contributed by atoms with Crippen LogP contribution in [0, 0.1) is 11.8 Å². The molecule has 0 aliphatic heterocycles. The predicted molar refractivity (Wildman–Crippen MR) is 147 cm³/mol. The van der Waals surface area contributed by atoms with E-state index >= 15 is 0 Å². The summed E-state index contributed by atoms with van der Waals surface area (Å²) in [6.45, 7) is 0.365. The Balaban J connectivity index is 1.13. The largest absolute Gasteiger partial charge is 0.382 e. The Bertz CT molecular complexity index is 1510. The first-order valence-corrected chi connectivity index (χ1v) is 14.7. The van der Waals surface area contributed by atoms with Crippen LogP contribution in [0.3, 0.4) is 0 Å². The van der Waals surface area contributed by atoms with E-state index in [2.05, 4.69) is 5.16 Å². The van der Waals surface area contributed by atoms with Crippen molar-refractivity contribution >= 4 is 51.0 Å². The maximum Gasteiger partial charge on any atom is 0.150 e. The molecule has 0 spiro atoms. The quantitative estimate of drug-likeness (QED) is 0.232. The van der Waals surface area contributed by atoms with Gasteiger partial charge in [-0.3, -0.25) is 4.79 Å². The second-order valence-electron chi connectivity index (χ2n) is 10.8. The number of fused-ring (bicyclic) bond motifs is 3. The molecule has 4 aromatic rings. The third-order valence-electron chi connectivity index (χ3n) is 8.52. The maximum atomic E-state index is 12.0. The third-order valence-corrected chi connectivity index (χ3v) is 10.3. The number of aromatic nitrogens is 2. The van der Waals surface area contributed by atoms with Gasteiger partial charge in [0.05, 0.1) is 33.0 Å². The molecule has 2 unspecified atom stereocenters. The molecule has 0 amide bonds. The van der Waals surface area contributed by atoms with Crippen LogP contribution in [-0.2, 0) is 16.9 Å². The molecule has 0 saturated heterocycles. The number of carbonyl (C=O) groups is 1. The van der Waals surface area contributed by atoms with Gasteiger partial charge in [-0.05, 0) is 80.7 Å². The smallest absolute Gasteiger partial charge is 0.150 e. The molecule has 3 fully saturated rings. The molecule has 9 heteroatoms. The fraction of sp³-hybridized carbons (Fsp3) is 0.414. The van der Waals surface area contributed by atoms with Crippen LogP contribution in [0.15, 0.2) is 40.9 Å². The van der Waals surface area contributed by atoms with Gasteiger partial charge in [-0.15, -0.1) is 11.3 Å². The van der Waals surface area contributed by atoms with E-state index in [1.165, 1.54) is 11.3 Å². The highest BCUT2D eigenvalue weighted by Gasteiger charge is 2.56. The molecule has 2 aromatic carbocycles. The highest BCUT2D eigenvalue weighted by molar-refractivity contribution is 7.18. The summed E-state index contributed by atoms with van der Waals surface area (Å²) in [5.41, 5.74) is 2.74. The molecule has 2 bridgehead atoms. The van der Waals surface area contributed by atoms with E-state index in [0.717, 1.165) is 71.4 Å². The Hall–Kier alpha value is -2.29. The van der Waals surface area contributed by atoms with Crippen molar-refractivity contribution in [1.82, 2.24) is 10.1 Å². The molecule has 2 heterocycles. The summed E-state index contributed by atoms with van der Waals surface area (Å²) in [6.07, 6.45) is 6.41. The highest BCUT2D eigenvalue weighted by Crippen LogP contribution is 2.57. The van der Waals surface area contributed by atoms with Crippen molar-refractivity contribution in [3.63, 3.8) is 0 Å². The molecule has 6 nitrogen and oxygen atoms in total. The number of ether oxygens (including phenoxy) is 1. The van der Waals surface area contributed by atoms with Gasteiger partial charge in [0.1, 0.15) is 28.3 Å². The highest BCUT2D eigenvalue weighted by atomic mass is 35.5. The van der Waals surface area contributed by atoms with Crippen molar-refractivity contribution in [1.29, 1.82) is 0 Å². The van der Waals surface area contributed by atoms with Gasteiger partial charge in [0.25, 0.3) is 0 Å². The van der Waals surface area contributed by atoms with Crippen LogP contribution in [0.1, 0.15) is 71.1 Å². The van der Waals surface area contributed by atoms with Crippen molar-refractivity contribution in [2.45, 2.75) is 62.8 Å². The van der Waals surface area contributed by atoms with E-state index in [1.54, 1.807) is 18.2 Å². The summed E-state index contributed by atoms with van der Waals surface area (Å²) in [6, 6.07) is 10.9. The number of aldehydes is 1. The number of benzene rings is 2. The van der Waals surface area contributed by atoms with E-state index in [-0.39, 0.29) is 17.9 Å². The van der Waals surface area contributed by atoms with Crippen molar-refractivity contribution < 1.29 is 19.2 Å². The monoisotopic (exact) mass is 568 g/mol. The van der Waals surface area contributed by atoms with Gasteiger partial charge in [0, 0.05) is 22.6 Å². The normalized spacial score (nSPS) is 26.8. The van der Waals surface area contributed by atoms with Crippen LogP contribution in [0.25, 0.3) is 21.5 Å². The van der Waals surface area contributed by atoms with Crippen molar-refractivity contribution in [3.05, 3.63) is 68.3 Å². The van der Waals surface area contributed by atoms with Crippen LogP contribution in [0.4, 0.5) is 0 Å². The minimum atomic E-state index is -0.961. The number of halogens is 2. The molecule has 4 atom stereocenters. The molecule has 1 N–H and O–H groups in total. The van der Waals surface area contributed by atoms with Crippen molar-refractivity contribution in [2.75, 3.05) is 0 Å². The van der Waals surface area contributed by atoms with Crippen molar-refractivity contribution in [2.24, 2.45) is 11.8 Å². The number of thiazole rings is 1. The molecule has 3 aliphatic rings. The number of hydrogen-bond donors (Lipinski definition) is 1. The average molecular weight is 570 g/mol. The van der Waals surface area contributed by atoms with Crippen LogP contribution in [0.5, 0.6) is 0 Å². The molecular weight excluding hydrogens is 543 g/mol. The number of rotatable bonds is 7. The van der Waals surface area contributed by atoms with Crippen molar-refractivity contribution in [3.8, 4) is 11.3 Å². The summed E-state index contributed by atoms with van der Waals surface area (Å²) in [5.74, 6) is 1.37. The fourth-order valence-corrected chi connectivity index (χ4v) is 8.26. The molecule has 196 valence electrons.